The monoisotopic (exact) mass is 365 g/mol. The lowest BCUT2D eigenvalue weighted by Gasteiger charge is -2.17. The number of hydrogen-bond acceptors (Lipinski definition) is 3. The van der Waals surface area contributed by atoms with Gasteiger partial charge in [-0.15, -0.1) is 0 Å². The van der Waals surface area contributed by atoms with Gasteiger partial charge in [-0.1, -0.05) is 29.8 Å². The molecule has 1 fully saturated rings. The largest absolute Gasteiger partial charge is 0.372 e. The molecule has 0 bridgehead atoms. The van der Waals surface area contributed by atoms with Crippen molar-refractivity contribution in [3.8, 4) is 6.07 Å². The van der Waals surface area contributed by atoms with Crippen LogP contribution in [0.3, 0.4) is 0 Å². The SMILES string of the molecule is Cc1c(Cl)cccc1NC(=O)/C(C#N)=C/c1ccc(N2CCCC2)cc1. The Morgan fingerprint density at radius 1 is 1.19 bits per heavy atom. The summed E-state index contributed by atoms with van der Waals surface area (Å²) in [5, 5.41) is 12.7. The van der Waals surface area contributed by atoms with Crippen molar-refractivity contribution in [1.29, 1.82) is 5.26 Å². The molecule has 0 spiro atoms. The molecule has 1 aliphatic heterocycles. The predicted molar refractivity (Wildman–Crippen MR) is 106 cm³/mol. The molecule has 4 nitrogen and oxygen atoms in total. The number of anilines is 2. The molecule has 0 radical (unpaired) electrons. The Hall–Kier alpha value is -2.77. The summed E-state index contributed by atoms with van der Waals surface area (Å²) in [5.74, 6) is -0.443. The maximum atomic E-state index is 12.4. The van der Waals surface area contributed by atoms with Crippen LogP contribution in [0.15, 0.2) is 48.0 Å². The summed E-state index contributed by atoms with van der Waals surface area (Å²) < 4.78 is 0. The van der Waals surface area contributed by atoms with Crippen molar-refractivity contribution < 1.29 is 4.79 Å². The third kappa shape index (κ3) is 4.07. The molecule has 0 aliphatic carbocycles. The Balaban J connectivity index is 1.76. The highest BCUT2D eigenvalue weighted by atomic mass is 35.5. The first kappa shape index (κ1) is 18.0. The van der Waals surface area contributed by atoms with Gasteiger partial charge >= 0.3 is 0 Å². The second-order valence-electron chi connectivity index (χ2n) is 6.32. The number of hydrogen-bond donors (Lipinski definition) is 1. The van der Waals surface area contributed by atoms with Crippen molar-refractivity contribution in [2.75, 3.05) is 23.3 Å². The van der Waals surface area contributed by atoms with Crippen LogP contribution in [-0.4, -0.2) is 19.0 Å². The van der Waals surface area contributed by atoms with Crippen LogP contribution in [0.2, 0.25) is 5.02 Å². The predicted octanol–water partition coefficient (Wildman–Crippen LogP) is 4.79. The van der Waals surface area contributed by atoms with Crippen LogP contribution in [-0.2, 0) is 4.79 Å². The summed E-state index contributed by atoms with van der Waals surface area (Å²) in [6, 6.07) is 15.2. The molecule has 132 valence electrons. The zero-order chi connectivity index (χ0) is 18.5. The van der Waals surface area contributed by atoms with Crippen molar-refractivity contribution in [1.82, 2.24) is 0 Å². The number of nitrogens with one attached hydrogen (secondary N) is 1. The van der Waals surface area contributed by atoms with E-state index in [1.165, 1.54) is 18.5 Å². The third-order valence-corrected chi connectivity index (χ3v) is 4.97. The van der Waals surface area contributed by atoms with Gasteiger partial charge in [-0.2, -0.15) is 5.26 Å². The van der Waals surface area contributed by atoms with E-state index in [0.29, 0.717) is 10.7 Å². The number of nitriles is 1. The summed E-state index contributed by atoms with van der Waals surface area (Å²) in [5.41, 5.74) is 3.43. The fraction of sp³-hybridized carbons (Fsp3) is 0.238. The normalized spacial score (nSPS) is 14.2. The first-order valence-electron chi connectivity index (χ1n) is 8.62. The molecule has 3 rings (SSSR count). The first-order chi connectivity index (χ1) is 12.6. The van der Waals surface area contributed by atoms with Gasteiger partial charge in [0, 0.05) is 29.5 Å². The van der Waals surface area contributed by atoms with E-state index in [0.717, 1.165) is 24.2 Å². The van der Waals surface area contributed by atoms with Gasteiger partial charge in [-0.05, 0) is 61.2 Å². The first-order valence-corrected chi connectivity index (χ1v) is 8.99. The molecule has 1 N–H and O–H groups in total. The second-order valence-corrected chi connectivity index (χ2v) is 6.73. The van der Waals surface area contributed by atoms with E-state index >= 15 is 0 Å². The van der Waals surface area contributed by atoms with Crippen LogP contribution < -0.4 is 10.2 Å². The highest BCUT2D eigenvalue weighted by Crippen LogP contribution is 2.24. The molecule has 2 aromatic carbocycles. The standard InChI is InChI=1S/C21H20ClN3O/c1-15-19(22)5-4-6-20(15)24-21(26)17(14-23)13-16-7-9-18(10-8-16)25-11-2-3-12-25/h4-10,13H,2-3,11-12H2,1H3,(H,24,26)/b17-13+. The average molecular weight is 366 g/mol. The molecule has 26 heavy (non-hydrogen) atoms. The van der Waals surface area contributed by atoms with Crippen molar-refractivity contribution >= 4 is 35.0 Å². The number of benzene rings is 2. The Labute approximate surface area is 158 Å². The number of carbonyl (C=O) groups is 1. The number of carbonyl (C=O) groups excluding carboxylic acids is 1. The van der Waals surface area contributed by atoms with Gasteiger partial charge in [0.25, 0.3) is 5.91 Å². The maximum absolute atomic E-state index is 12.4. The minimum atomic E-state index is -0.443. The van der Waals surface area contributed by atoms with Gasteiger partial charge in [0.1, 0.15) is 11.6 Å². The summed E-state index contributed by atoms with van der Waals surface area (Å²) in [6.07, 6.45) is 4.05. The van der Waals surface area contributed by atoms with E-state index in [-0.39, 0.29) is 5.57 Å². The second kappa shape index (κ2) is 8.07. The maximum Gasteiger partial charge on any atom is 0.266 e. The molecule has 1 heterocycles. The summed E-state index contributed by atoms with van der Waals surface area (Å²) in [4.78, 5) is 14.8. The van der Waals surface area contributed by atoms with Crippen LogP contribution in [0.5, 0.6) is 0 Å². The van der Waals surface area contributed by atoms with E-state index in [4.69, 9.17) is 11.6 Å². The average Bonchev–Trinajstić information content (AvgIpc) is 3.18. The van der Waals surface area contributed by atoms with Gasteiger partial charge in [-0.25, -0.2) is 0 Å². The van der Waals surface area contributed by atoms with Crippen LogP contribution in [0.1, 0.15) is 24.0 Å². The van der Waals surface area contributed by atoms with Crippen LogP contribution >= 0.6 is 11.6 Å². The minimum Gasteiger partial charge on any atom is -0.372 e. The summed E-state index contributed by atoms with van der Waals surface area (Å²) in [6.45, 7) is 3.99. The van der Waals surface area contributed by atoms with Crippen LogP contribution in [0.25, 0.3) is 6.08 Å². The number of amides is 1. The Bertz CT molecular complexity index is 875. The van der Waals surface area contributed by atoms with Crippen molar-refractivity contribution in [2.45, 2.75) is 19.8 Å². The lowest BCUT2D eigenvalue weighted by atomic mass is 10.1. The lowest BCUT2D eigenvalue weighted by molar-refractivity contribution is -0.112. The highest BCUT2D eigenvalue weighted by molar-refractivity contribution is 6.31. The summed E-state index contributed by atoms with van der Waals surface area (Å²) in [7, 11) is 0. The fourth-order valence-corrected chi connectivity index (χ4v) is 3.18. The van der Waals surface area contributed by atoms with Gasteiger partial charge in [0.05, 0.1) is 0 Å². The molecular formula is C21H20ClN3O. The Morgan fingerprint density at radius 3 is 2.54 bits per heavy atom. The Morgan fingerprint density at radius 2 is 1.88 bits per heavy atom. The molecule has 0 saturated carbocycles. The molecule has 1 amide bonds. The van der Waals surface area contributed by atoms with E-state index in [9.17, 15) is 10.1 Å². The fourth-order valence-electron chi connectivity index (χ4n) is 3.00. The molecule has 2 aromatic rings. The zero-order valence-electron chi connectivity index (χ0n) is 14.6. The molecule has 5 heteroatoms. The quantitative estimate of drug-likeness (QED) is 0.625. The molecule has 1 aliphatic rings. The smallest absolute Gasteiger partial charge is 0.266 e. The van der Waals surface area contributed by atoms with Gasteiger partial charge in [-0.3, -0.25) is 4.79 Å². The number of nitrogens with zero attached hydrogens (tertiary/aromatic N) is 2. The topological polar surface area (TPSA) is 56.1 Å². The molecule has 1 saturated heterocycles. The Kier molecular flexibility index (Phi) is 5.60. The molecule has 0 aromatic heterocycles. The lowest BCUT2D eigenvalue weighted by Crippen LogP contribution is -2.17. The van der Waals surface area contributed by atoms with Gasteiger partial charge < -0.3 is 10.2 Å². The number of halogens is 1. The highest BCUT2D eigenvalue weighted by Gasteiger charge is 2.13. The summed E-state index contributed by atoms with van der Waals surface area (Å²) >= 11 is 6.07. The van der Waals surface area contributed by atoms with E-state index in [2.05, 4.69) is 10.2 Å². The third-order valence-electron chi connectivity index (χ3n) is 4.56. The minimum absolute atomic E-state index is 0.0540. The van der Waals surface area contributed by atoms with Crippen LogP contribution in [0, 0.1) is 18.3 Å². The molecular weight excluding hydrogens is 346 g/mol. The molecule has 0 atom stereocenters. The van der Waals surface area contributed by atoms with E-state index in [1.54, 1.807) is 24.3 Å². The van der Waals surface area contributed by atoms with Gasteiger partial charge in [0.15, 0.2) is 0 Å². The van der Waals surface area contributed by atoms with Crippen LogP contribution in [0.4, 0.5) is 11.4 Å². The van der Waals surface area contributed by atoms with E-state index in [1.807, 2.05) is 37.3 Å². The molecule has 0 unspecified atom stereocenters. The number of rotatable bonds is 4. The van der Waals surface area contributed by atoms with Crippen molar-refractivity contribution in [2.24, 2.45) is 0 Å². The van der Waals surface area contributed by atoms with E-state index < -0.39 is 5.91 Å². The van der Waals surface area contributed by atoms with Crippen molar-refractivity contribution in [3.05, 3.63) is 64.2 Å². The zero-order valence-corrected chi connectivity index (χ0v) is 15.4. The van der Waals surface area contributed by atoms with Crippen molar-refractivity contribution in [3.63, 3.8) is 0 Å². The van der Waals surface area contributed by atoms with Gasteiger partial charge in [0.2, 0.25) is 0 Å².